The number of hydrogen-bond donors (Lipinski definition) is 5. The number of phenols is 2. The number of fused-ring (bicyclic) bond motifs is 1. The van der Waals surface area contributed by atoms with Gasteiger partial charge in [-0.2, -0.15) is 0 Å². The van der Waals surface area contributed by atoms with Crippen LogP contribution in [-0.4, -0.2) is 81.1 Å². The molecule has 0 atom stereocenters. The Morgan fingerprint density at radius 3 is 2.46 bits per heavy atom. The quantitative estimate of drug-likeness (QED) is 0.105. The molecule has 4 aromatic rings. The highest BCUT2D eigenvalue weighted by Gasteiger charge is 2.30. The van der Waals surface area contributed by atoms with Crippen LogP contribution >= 0.6 is 23.4 Å². The molecule has 0 spiro atoms. The van der Waals surface area contributed by atoms with Gasteiger partial charge in [0.2, 0.25) is 6.41 Å². The third-order valence-corrected chi connectivity index (χ3v) is 12.9. The normalized spacial score (nSPS) is 16.9. The second-order valence-corrected chi connectivity index (χ2v) is 16.7. The van der Waals surface area contributed by atoms with Crippen LogP contribution in [0.15, 0.2) is 64.6 Å². The molecule has 14 heteroatoms. The number of likely N-dealkylation sites (tertiary alicyclic amines) is 1. The van der Waals surface area contributed by atoms with Crippen molar-refractivity contribution in [3.05, 3.63) is 87.6 Å². The number of carbonyl (C=O) groups excluding carboxylic acids is 2. The number of amides is 2. The Bertz CT molecular complexity index is 2030. The van der Waals surface area contributed by atoms with E-state index in [0.717, 1.165) is 62.2 Å². The van der Waals surface area contributed by atoms with Crippen molar-refractivity contribution in [1.82, 2.24) is 25.1 Å². The summed E-state index contributed by atoms with van der Waals surface area (Å²) >= 11 is 7.66. The number of nitrogens with zero attached hydrogens (tertiary/aromatic N) is 5. The highest BCUT2D eigenvalue weighted by Crippen LogP contribution is 2.39. The average Bonchev–Trinajstić information content (AvgIpc) is 3.62. The van der Waals surface area contributed by atoms with Crippen LogP contribution in [0.1, 0.15) is 79.1 Å². The predicted octanol–water partition coefficient (Wildman–Crippen LogP) is 7.06. The minimum Gasteiger partial charge on any atom is -0.508 e. The maximum Gasteiger partial charge on any atom is 0.258 e. The number of aromatic nitrogens is 2. The zero-order chi connectivity index (χ0) is 40.0. The van der Waals surface area contributed by atoms with Gasteiger partial charge in [-0.3, -0.25) is 14.5 Å². The fraction of sp³-hybridized carbons (Fsp3) is 0.429. The van der Waals surface area contributed by atoms with Crippen molar-refractivity contribution in [2.24, 2.45) is 5.92 Å². The molecule has 2 amide bonds. The number of nitrogens with two attached hydrogens (primary N) is 1. The summed E-state index contributed by atoms with van der Waals surface area (Å²) in [7, 11) is 2.00. The van der Waals surface area contributed by atoms with Crippen molar-refractivity contribution in [3.8, 4) is 11.5 Å². The molecular weight excluding hydrogens is 748 g/mol. The van der Waals surface area contributed by atoms with Gasteiger partial charge in [0, 0.05) is 49.2 Å². The Labute approximate surface area is 338 Å². The second-order valence-electron chi connectivity index (χ2n) is 15.3. The van der Waals surface area contributed by atoms with Crippen LogP contribution in [0.3, 0.4) is 0 Å². The molecule has 2 saturated heterocycles. The molecule has 2 fully saturated rings. The zero-order valence-electron chi connectivity index (χ0n) is 32.6. The monoisotopic (exact) mass is 800 g/mol. The number of aromatic hydroxyl groups is 2. The number of rotatable bonds is 10. The highest BCUT2D eigenvalue weighted by molar-refractivity contribution is 7.99. The number of anilines is 3. The van der Waals surface area contributed by atoms with E-state index >= 15 is 0 Å². The third kappa shape index (κ3) is 9.69. The van der Waals surface area contributed by atoms with Gasteiger partial charge in [0.1, 0.15) is 22.3 Å². The lowest BCUT2D eigenvalue weighted by atomic mass is 9.90. The number of hydrogen-bond acceptors (Lipinski definition) is 11. The number of carbonyl (C=O) groups is 2. The van der Waals surface area contributed by atoms with Crippen molar-refractivity contribution in [1.29, 1.82) is 0 Å². The number of benzene rings is 3. The first-order valence-electron chi connectivity index (χ1n) is 19.3. The van der Waals surface area contributed by atoms with Crippen molar-refractivity contribution in [2.45, 2.75) is 88.0 Å². The van der Waals surface area contributed by atoms with Gasteiger partial charge in [-0.1, -0.05) is 61.5 Å². The van der Waals surface area contributed by atoms with Gasteiger partial charge in [0.05, 0.1) is 22.5 Å². The Morgan fingerprint density at radius 2 is 1.79 bits per heavy atom. The standard InChI is InChI=1S/C24H30N2O3.C18H23ClN6OS/c1-3-18-11-21(23(28)12-22(18)27)24(29)26-14-19-5-4-17(10-20(19)15-26)13-25-8-6-16(2)7-9-25;1-18(21-2)6-8-25(9-7-18)14-10-22-17(16(20)24-14)27-13-5-3-4-12(15(13)19)23-11-26/h4-5,10-12,16,27-28H,3,6-9,13-15H2,1-2H3;3-5,10-11,21H,6-9H2,1-2H3,(H2,20,24)(H,23,26). The van der Waals surface area contributed by atoms with E-state index in [1.807, 2.05) is 26.1 Å². The number of halogens is 1. The molecule has 56 heavy (non-hydrogen) atoms. The summed E-state index contributed by atoms with van der Waals surface area (Å²) in [4.78, 5) is 40.0. The lowest BCUT2D eigenvalue weighted by Crippen LogP contribution is -2.50. The van der Waals surface area contributed by atoms with Crippen LogP contribution in [0.4, 0.5) is 17.3 Å². The summed E-state index contributed by atoms with van der Waals surface area (Å²) < 4.78 is 0. The zero-order valence-corrected chi connectivity index (χ0v) is 34.2. The molecule has 1 aromatic heterocycles. The van der Waals surface area contributed by atoms with E-state index < -0.39 is 0 Å². The van der Waals surface area contributed by atoms with E-state index in [-0.39, 0.29) is 28.5 Å². The molecule has 7 rings (SSSR count). The van der Waals surface area contributed by atoms with E-state index in [9.17, 15) is 19.8 Å². The third-order valence-electron chi connectivity index (χ3n) is 11.3. The molecule has 0 aliphatic carbocycles. The minimum atomic E-state index is -0.194. The molecule has 0 unspecified atom stereocenters. The van der Waals surface area contributed by atoms with Crippen LogP contribution in [0.2, 0.25) is 5.02 Å². The van der Waals surface area contributed by atoms with Crippen LogP contribution in [-0.2, 0) is 30.8 Å². The number of nitrogen functional groups attached to an aromatic ring is 1. The Kier molecular flexibility index (Phi) is 13.3. The highest BCUT2D eigenvalue weighted by atomic mass is 35.5. The van der Waals surface area contributed by atoms with Crippen molar-refractivity contribution >= 4 is 53.0 Å². The molecule has 3 aliphatic heterocycles. The van der Waals surface area contributed by atoms with E-state index in [4.69, 9.17) is 17.3 Å². The Morgan fingerprint density at radius 1 is 1.05 bits per heavy atom. The van der Waals surface area contributed by atoms with Crippen molar-refractivity contribution < 1.29 is 19.8 Å². The maximum atomic E-state index is 13.0. The van der Waals surface area contributed by atoms with Crippen molar-refractivity contribution in [2.75, 3.05) is 49.2 Å². The molecule has 4 heterocycles. The summed E-state index contributed by atoms with van der Waals surface area (Å²) in [6.07, 6.45) is 7.55. The first-order chi connectivity index (χ1) is 26.9. The fourth-order valence-electron chi connectivity index (χ4n) is 7.38. The Hall–Kier alpha value is -4.56. The summed E-state index contributed by atoms with van der Waals surface area (Å²) in [6.45, 7) is 12.7. The van der Waals surface area contributed by atoms with E-state index in [2.05, 4.69) is 62.4 Å². The van der Waals surface area contributed by atoms with Gasteiger partial charge >= 0.3 is 0 Å². The van der Waals surface area contributed by atoms with Gasteiger partial charge in [-0.05, 0) is 106 Å². The summed E-state index contributed by atoms with van der Waals surface area (Å²) in [6, 6.07) is 14.8. The summed E-state index contributed by atoms with van der Waals surface area (Å²) in [5.41, 5.74) is 11.5. The van der Waals surface area contributed by atoms with E-state index in [1.165, 1.54) is 47.4 Å². The van der Waals surface area contributed by atoms with E-state index in [0.29, 0.717) is 53.0 Å². The largest absolute Gasteiger partial charge is 0.508 e. The van der Waals surface area contributed by atoms with Gasteiger partial charge < -0.3 is 36.4 Å². The first kappa shape index (κ1) is 41.1. The molecule has 0 bridgehead atoms. The van der Waals surface area contributed by atoms with Crippen LogP contribution < -0.4 is 21.3 Å². The Balaban J connectivity index is 0.000000190. The molecule has 0 saturated carbocycles. The first-order valence-corrected chi connectivity index (χ1v) is 20.5. The SMILES string of the molecule is CCc1cc(C(=O)N2Cc3ccc(CN4CCC(C)CC4)cc3C2)c(O)cc1O.CNC1(C)CCN(c2cnc(Sc3cccc(NC=O)c3Cl)c(N)n2)CC1. The van der Waals surface area contributed by atoms with Crippen molar-refractivity contribution in [3.63, 3.8) is 0 Å². The lowest BCUT2D eigenvalue weighted by molar-refractivity contribution is -0.105. The molecular formula is C42H53ClN8O4S. The fourth-order valence-corrected chi connectivity index (χ4v) is 8.48. The predicted molar refractivity (Wildman–Crippen MR) is 223 cm³/mol. The molecule has 0 radical (unpaired) electrons. The lowest BCUT2D eigenvalue weighted by Gasteiger charge is -2.39. The van der Waals surface area contributed by atoms with Gasteiger partial charge in [0.15, 0.2) is 5.82 Å². The van der Waals surface area contributed by atoms with Gasteiger partial charge in [-0.25, -0.2) is 9.97 Å². The number of nitrogens with one attached hydrogen (secondary N) is 2. The maximum absolute atomic E-state index is 13.0. The van der Waals surface area contributed by atoms with Gasteiger partial charge in [-0.15, -0.1) is 0 Å². The molecule has 6 N–H and O–H groups in total. The summed E-state index contributed by atoms with van der Waals surface area (Å²) in [5.74, 6) is 1.65. The van der Waals surface area contributed by atoms with Crippen LogP contribution in [0.5, 0.6) is 11.5 Å². The van der Waals surface area contributed by atoms with Crippen LogP contribution in [0.25, 0.3) is 0 Å². The smallest absolute Gasteiger partial charge is 0.258 e. The number of phenolic OH excluding ortho intramolecular Hbond substituents is 2. The number of aryl methyl sites for hydroxylation is 1. The molecule has 3 aliphatic rings. The second kappa shape index (κ2) is 18.1. The summed E-state index contributed by atoms with van der Waals surface area (Å²) in [5, 5.41) is 27.1. The molecule has 12 nitrogen and oxygen atoms in total. The van der Waals surface area contributed by atoms with Gasteiger partial charge in [0.25, 0.3) is 5.91 Å². The molecule has 3 aromatic carbocycles. The average molecular weight is 801 g/mol. The molecule has 298 valence electrons. The number of piperidine rings is 2. The topological polar surface area (TPSA) is 160 Å². The minimum absolute atomic E-state index is 0.0306. The van der Waals surface area contributed by atoms with Crippen LogP contribution in [0, 0.1) is 5.92 Å². The van der Waals surface area contributed by atoms with E-state index in [1.54, 1.807) is 23.2 Å².